The van der Waals surface area contributed by atoms with Crippen LogP contribution in [0, 0.1) is 46.3 Å². The Balaban J connectivity index is 1.58. The Kier molecular flexibility index (Phi) is 4.02. The highest BCUT2D eigenvalue weighted by Gasteiger charge is 2.62. The zero-order chi connectivity index (χ0) is 18.1. The Morgan fingerprint density at radius 2 is 1.62 bits per heavy atom. The average Bonchev–Trinajstić information content (AvgIpc) is 2.93. The molecule has 6 fully saturated rings. The van der Waals surface area contributed by atoms with E-state index in [2.05, 4.69) is 13.8 Å². The first-order chi connectivity index (χ1) is 12.4. The maximum absolute atomic E-state index is 11.6. The summed E-state index contributed by atoms with van der Waals surface area (Å²) < 4.78 is 6.61. The van der Waals surface area contributed by atoms with Crippen LogP contribution in [0.25, 0.3) is 0 Å². The lowest BCUT2D eigenvalue weighted by molar-refractivity contribution is -0.149. The van der Waals surface area contributed by atoms with Gasteiger partial charge in [-0.05, 0) is 97.7 Å². The van der Waals surface area contributed by atoms with Gasteiger partial charge in [-0.25, -0.2) is 0 Å². The molecule has 6 aliphatic rings. The van der Waals surface area contributed by atoms with Crippen molar-refractivity contribution in [3.63, 3.8) is 0 Å². The van der Waals surface area contributed by atoms with E-state index in [1.807, 2.05) is 0 Å². The Morgan fingerprint density at radius 1 is 0.923 bits per heavy atom. The minimum absolute atomic E-state index is 0.213. The van der Waals surface area contributed by atoms with Crippen LogP contribution in [0.15, 0.2) is 0 Å². The van der Waals surface area contributed by atoms with Gasteiger partial charge in [0.25, 0.3) is 0 Å². The molecule has 9 atom stereocenters. The molecule has 0 radical (unpaired) electrons. The van der Waals surface area contributed by atoms with Crippen LogP contribution in [0.5, 0.6) is 0 Å². The lowest BCUT2D eigenvalue weighted by Crippen LogP contribution is -2.55. The van der Waals surface area contributed by atoms with E-state index in [-0.39, 0.29) is 5.92 Å². The summed E-state index contributed by atoms with van der Waals surface area (Å²) in [6.07, 6.45) is 12.6. The molecule has 4 aliphatic carbocycles. The van der Waals surface area contributed by atoms with Crippen molar-refractivity contribution in [1.82, 2.24) is 0 Å². The van der Waals surface area contributed by atoms with Gasteiger partial charge in [0, 0.05) is 0 Å². The van der Waals surface area contributed by atoms with Crippen LogP contribution in [0.2, 0.25) is 0 Å². The smallest absolute Gasteiger partial charge is 0.303 e. The SMILES string of the molecule is C[C@@]12CCC3[C@@H]4CC[C@@H]5C(CCC[C@]35C)OC[C@@H](CC(=O)O)[C@H]1CC[C@H]42. The molecule has 0 aromatic rings. The summed E-state index contributed by atoms with van der Waals surface area (Å²) in [5.74, 6) is 3.45. The monoisotopic (exact) mass is 360 g/mol. The van der Waals surface area contributed by atoms with Crippen LogP contribution in [0.1, 0.15) is 78.1 Å². The summed E-state index contributed by atoms with van der Waals surface area (Å²) >= 11 is 0. The third kappa shape index (κ3) is 2.31. The fraction of sp³-hybridized carbons (Fsp3) is 0.957. The Hall–Kier alpha value is -0.570. The lowest BCUT2D eigenvalue weighted by Gasteiger charge is -2.61. The molecule has 2 saturated heterocycles. The van der Waals surface area contributed by atoms with E-state index in [0.717, 1.165) is 17.8 Å². The number of rotatable bonds is 2. The molecule has 0 aromatic heterocycles. The van der Waals surface area contributed by atoms with Crippen molar-refractivity contribution in [3.05, 3.63) is 0 Å². The van der Waals surface area contributed by atoms with Gasteiger partial charge >= 0.3 is 5.97 Å². The zero-order valence-electron chi connectivity index (χ0n) is 16.6. The van der Waals surface area contributed by atoms with Crippen molar-refractivity contribution in [2.45, 2.75) is 84.2 Å². The molecule has 1 N–H and O–H groups in total. The lowest BCUT2D eigenvalue weighted by atomic mass is 9.44. The number of hydrogen-bond donors (Lipinski definition) is 1. The second-order valence-corrected chi connectivity index (χ2v) is 10.9. The highest BCUT2D eigenvalue weighted by atomic mass is 16.5. The van der Waals surface area contributed by atoms with E-state index in [1.54, 1.807) is 0 Å². The normalized spacial score (nSPS) is 55.5. The van der Waals surface area contributed by atoms with Crippen molar-refractivity contribution in [2.24, 2.45) is 46.3 Å². The molecule has 4 saturated carbocycles. The Bertz CT molecular complexity index is 588. The molecule has 0 amide bonds. The summed E-state index contributed by atoms with van der Waals surface area (Å²) in [5, 5.41) is 9.57. The molecule has 2 unspecified atom stereocenters. The second-order valence-electron chi connectivity index (χ2n) is 10.9. The number of carbonyl (C=O) groups is 1. The third-order valence-electron chi connectivity index (χ3n) is 10.2. The third-order valence-corrected chi connectivity index (χ3v) is 10.2. The molecule has 3 heteroatoms. The first kappa shape index (κ1) is 17.5. The molecule has 0 aromatic carbocycles. The predicted octanol–water partition coefficient (Wildman–Crippen LogP) is 5.14. The van der Waals surface area contributed by atoms with Crippen LogP contribution < -0.4 is 0 Å². The van der Waals surface area contributed by atoms with Gasteiger partial charge in [-0.15, -0.1) is 0 Å². The van der Waals surface area contributed by atoms with Gasteiger partial charge < -0.3 is 9.84 Å². The molecule has 3 nitrogen and oxygen atoms in total. The topological polar surface area (TPSA) is 46.5 Å². The predicted molar refractivity (Wildman–Crippen MR) is 101 cm³/mol. The molecular weight excluding hydrogens is 324 g/mol. The van der Waals surface area contributed by atoms with E-state index in [1.165, 1.54) is 57.8 Å². The first-order valence-electron chi connectivity index (χ1n) is 11.3. The quantitative estimate of drug-likeness (QED) is 0.742. The van der Waals surface area contributed by atoms with Crippen molar-refractivity contribution in [3.8, 4) is 0 Å². The highest BCUT2D eigenvalue weighted by molar-refractivity contribution is 5.67. The van der Waals surface area contributed by atoms with Gasteiger partial charge in [-0.3, -0.25) is 4.79 Å². The molecule has 0 spiro atoms. The first-order valence-corrected chi connectivity index (χ1v) is 11.3. The molecular formula is C23H36O3. The van der Waals surface area contributed by atoms with E-state index >= 15 is 0 Å². The van der Waals surface area contributed by atoms with Gasteiger partial charge in [0.1, 0.15) is 0 Å². The van der Waals surface area contributed by atoms with E-state index < -0.39 is 5.97 Å². The number of carboxylic acid groups (broad SMARTS) is 1. The van der Waals surface area contributed by atoms with Crippen molar-refractivity contribution in [2.75, 3.05) is 6.61 Å². The molecule has 2 aliphatic heterocycles. The van der Waals surface area contributed by atoms with Crippen molar-refractivity contribution < 1.29 is 14.6 Å². The standard InChI is InChI=1S/C23H36O3/c1-22-10-3-4-20-19(22)6-5-15-17-8-7-16(14(13-26-20)12-21(24)25)23(17,2)11-9-18(15)22/h14-20H,3-13H2,1-2H3,(H,24,25)/t14-,15-,16-,17-,18?,19-,20?,22-,23-/m1/s1. The van der Waals surface area contributed by atoms with Crippen LogP contribution in [-0.4, -0.2) is 23.8 Å². The van der Waals surface area contributed by atoms with Crippen molar-refractivity contribution >= 4 is 5.97 Å². The van der Waals surface area contributed by atoms with E-state index in [4.69, 9.17) is 4.74 Å². The van der Waals surface area contributed by atoms with Crippen LogP contribution in [-0.2, 0) is 9.53 Å². The van der Waals surface area contributed by atoms with Gasteiger partial charge in [0.05, 0.1) is 19.1 Å². The second kappa shape index (κ2) is 5.96. The fourth-order valence-electron chi connectivity index (χ4n) is 9.16. The number of ether oxygens (including phenoxy) is 1. The Morgan fingerprint density at radius 3 is 2.42 bits per heavy atom. The molecule has 26 heavy (non-hydrogen) atoms. The molecule has 8 bridgehead atoms. The number of carboxylic acids is 1. The summed E-state index contributed by atoms with van der Waals surface area (Å²) in [5.41, 5.74) is 0.824. The van der Waals surface area contributed by atoms with Crippen LogP contribution in [0.3, 0.4) is 0 Å². The number of fused-ring (bicyclic) bond motifs is 4. The summed E-state index contributed by atoms with van der Waals surface area (Å²) in [7, 11) is 0. The molecule has 6 rings (SSSR count). The van der Waals surface area contributed by atoms with Crippen LogP contribution >= 0.6 is 0 Å². The maximum atomic E-state index is 11.6. The maximum Gasteiger partial charge on any atom is 0.303 e. The average molecular weight is 361 g/mol. The molecule has 2 heterocycles. The molecule has 146 valence electrons. The largest absolute Gasteiger partial charge is 0.481 e. The summed E-state index contributed by atoms with van der Waals surface area (Å²) in [6, 6.07) is 0. The van der Waals surface area contributed by atoms with E-state index in [9.17, 15) is 9.90 Å². The van der Waals surface area contributed by atoms with Gasteiger partial charge in [-0.1, -0.05) is 20.3 Å². The summed E-state index contributed by atoms with van der Waals surface area (Å²) in [4.78, 5) is 11.6. The Labute approximate surface area is 158 Å². The fourth-order valence-corrected chi connectivity index (χ4v) is 9.16. The van der Waals surface area contributed by atoms with Crippen LogP contribution in [0.4, 0.5) is 0 Å². The van der Waals surface area contributed by atoms with Gasteiger partial charge in [0.2, 0.25) is 0 Å². The minimum Gasteiger partial charge on any atom is -0.481 e. The van der Waals surface area contributed by atoms with Gasteiger partial charge in [-0.2, -0.15) is 0 Å². The zero-order valence-corrected chi connectivity index (χ0v) is 16.6. The minimum atomic E-state index is -0.634. The number of aliphatic carboxylic acids is 1. The van der Waals surface area contributed by atoms with Crippen molar-refractivity contribution in [1.29, 1.82) is 0 Å². The highest BCUT2D eigenvalue weighted by Crippen LogP contribution is 2.69. The number of hydrogen-bond acceptors (Lipinski definition) is 2. The summed E-state index contributed by atoms with van der Waals surface area (Å²) in [6.45, 7) is 5.82. The van der Waals surface area contributed by atoms with E-state index in [0.29, 0.717) is 41.8 Å². The van der Waals surface area contributed by atoms with Gasteiger partial charge in [0.15, 0.2) is 0 Å².